The Bertz CT molecular complexity index is 374. The van der Waals surface area contributed by atoms with Crippen LogP contribution in [-0.2, 0) is 9.53 Å². The van der Waals surface area contributed by atoms with Gasteiger partial charge in [0.05, 0.1) is 12.6 Å². The van der Waals surface area contributed by atoms with Crippen molar-refractivity contribution in [2.24, 2.45) is 5.92 Å². The largest absolute Gasteiger partial charge is 0.444 e. The van der Waals surface area contributed by atoms with Crippen LogP contribution in [0.3, 0.4) is 0 Å². The Balaban J connectivity index is 2.52. The van der Waals surface area contributed by atoms with Crippen LogP contribution >= 0.6 is 0 Å². The summed E-state index contributed by atoms with van der Waals surface area (Å²) in [7, 11) is 0. The minimum Gasteiger partial charge on any atom is -0.444 e. The highest BCUT2D eigenvalue weighted by Gasteiger charge is 2.38. The van der Waals surface area contributed by atoms with Crippen LogP contribution in [0, 0.1) is 5.92 Å². The van der Waals surface area contributed by atoms with Crippen molar-refractivity contribution in [1.82, 2.24) is 10.6 Å². The lowest BCUT2D eigenvalue weighted by Crippen LogP contribution is -2.42. The van der Waals surface area contributed by atoms with Gasteiger partial charge in [-0.15, -0.1) is 0 Å². The monoisotopic (exact) mass is 286 g/mol. The van der Waals surface area contributed by atoms with Crippen molar-refractivity contribution in [3.05, 3.63) is 0 Å². The quantitative estimate of drug-likeness (QED) is 0.724. The molecule has 2 atom stereocenters. The number of aliphatic hydroxyl groups is 1. The Kier molecular flexibility index (Phi) is 5.02. The first kappa shape index (κ1) is 16.8. The summed E-state index contributed by atoms with van der Waals surface area (Å²) in [6.07, 6.45) is 0.526. The molecule has 1 aliphatic rings. The van der Waals surface area contributed by atoms with Crippen LogP contribution in [-0.4, -0.2) is 40.9 Å². The van der Waals surface area contributed by atoms with Crippen LogP contribution in [0.4, 0.5) is 4.79 Å². The van der Waals surface area contributed by atoms with Crippen LogP contribution in [0.2, 0.25) is 0 Å². The molecule has 0 spiro atoms. The summed E-state index contributed by atoms with van der Waals surface area (Å²) in [5, 5.41) is 14.9. The summed E-state index contributed by atoms with van der Waals surface area (Å²) in [5.74, 6) is -0.225. The molecule has 20 heavy (non-hydrogen) atoms. The van der Waals surface area contributed by atoms with E-state index in [0.29, 0.717) is 12.8 Å². The molecule has 1 rings (SSSR count). The third-order valence-electron chi connectivity index (χ3n) is 3.10. The molecule has 1 aliphatic heterocycles. The molecule has 0 radical (unpaired) electrons. The fourth-order valence-electron chi connectivity index (χ4n) is 2.38. The number of aliphatic hydroxyl groups excluding tert-OH is 1. The molecule has 0 aromatic rings. The van der Waals surface area contributed by atoms with Gasteiger partial charge in [0.15, 0.2) is 0 Å². The molecular weight excluding hydrogens is 260 g/mol. The van der Waals surface area contributed by atoms with Crippen LogP contribution in [0.25, 0.3) is 0 Å². The van der Waals surface area contributed by atoms with E-state index in [1.165, 1.54) is 0 Å². The highest BCUT2D eigenvalue weighted by atomic mass is 16.6. The minimum absolute atomic E-state index is 0.0283. The van der Waals surface area contributed by atoms with Gasteiger partial charge in [-0.1, -0.05) is 0 Å². The van der Waals surface area contributed by atoms with E-state index in [9.17, 15) is 14.7 Å². The molecule has 0 unspecified atom stereocenters. The molecule has 116 valence electrons. The average molecular weight is 286 g/mol. The van der Waals surface area contributed by atoms with Gasteiger partial charge < -0.3 is 20.5 Å². The number of rotatable bonds is 4. The molecule has 1 fully saturated rings. The SMILES string of the molecule is CC1(C)C[C@@H](C[C@@H](CO)NC(=O)OC(C)(C)C)C(=O)N1. The van der Waals surface area contributed by atoms with Crippen LogP contribution in [0.5, 0.6) is 0 Å². The normalized spacial score (nSPS) is 23.1. The molecular formula is C14H26N2O4. The van der Waals surface area contributed by atoms with Crippen molar-refractivity contribution in [1.29, 1.82) is 0 Å². The number of carbonyl (C=O) groups excluding carboxylic acids is 2. The molecule has 6 heteroatoms. The number of ether oxygens (including phenoxy) is 1. The summed E-state index contributed by atoms with van der Waals surface area (Å²) < 4.78 is 5.14. The number of hydrogen-bond donors (Lipinski definition) is 3. The smallest absolute Gasteiger partial charge is 0.407 e. The van der Waals surface area contributed by atoms with E-state index in [4.69, 9.17) is 4.74 Å². The first-order chi connectivity index (χ1) is 9.02. The van der Waals surface area contributed by atoms with Crippen molar-refractivity contribution < 1.29 is 19.4 Å². The molecule has 0 bridgehead atoms. The fraction of sp³-hybridized carbons (Fsp3) is 0.857. The van der Waals surface area contributed by atoms with Gasteiger partial charge in [0.25, 0.3) is 0 Å². The van der Waals surface area contributed by atoms with Gasteiger partial charge in [-0.2, -0.15) is 0 Å². The molecule has 3 N–H and O–H groups in total. The van der Waals surface area contributed by atoms with Gasteiger partial charge >= 0.3 is 6.09 Å². The maximum absolute atomic E-state index is 11.8. The van der Waals surface area contributed by atoms with Gasteiger partial charge in [0.1, 0.15) is 5.60 Å². The minimum atomic E-state index is -0.586. The van der Waals surface area contributed by atoms with Gasteiger partial charge in [0.2, 0.25) is 5.91 Å². The molecule has 0 aliphatic carbocycles. The Morgan fingerprint density at radius 3 is 2.55 bits per heavy atom. The van der Waals surface area contributed by atoms with Crippen molar-refractivity contribution >= 4 is 12.0 Å². The molecule has 0 aromatic heterocycles. The first-order valence-electron chi connectivity index (χ1n) is 6.95. The lowest BCUT2D eigenvalue weighted by molar-refractivity contribution is -0.123. The van der Waals surface area contributed by atoms with E-state index in [0.717, 1.165) is 0 Å². The summed E-state index contributed by atoms with van der Waals surface area (Å²) in [4.78, 5) is 23.5. The molecule has 0 saturated carbocycles. The second kappa shape index (κ2) is 5.99. The van der Waals surface area contributed by atoms with E-state index in [2.05, 4.69) is 10.6 Å². The van der Waals surface area contributed by atoms with Gasteiger partial charge in [0, 0.05) is 11.5 Å². The Hall–Kier alpha value is -1.30. The number of carbonyl (C=O) groups is 2. The number of amides is 2. The van der Waals surface area contributed by atoms with E-state index in [1.54, 1.807) is 20.8 Å². The summed E-state index contributed by atoms with van der Waals surface area (Å²) in [5.41, 5.74) is -0.815. The summed E-state index contributed by atoms with van der Waals surface area (Å²) in [6, 6.07) is -0.477. The number of hydrogen-bond acceptors (Lipinski definition) is 4. The van der Waals surface area contributed by atoms with Crippen LogP contribution < -0.4 is 10.6 Å². The molecule has 2 amide bonds. The second-order valence-corrected chi connectivity index (χ2v) is 7.04. The zero-order valence-electron chi connectivity index (χ0n) is 12.9. The fourth-order valence-corrected chi connectivity index (χ4v) is 2.38. The Morgan fingerprint density at radius 2 is 2.15 bits per heavy atom. The van der Waals surface area contributed by atoms with Crippen LogP contribution in [0.1, 0.15) is 47.5 Å². The summed E-state index contributed by atoms with van der Waals surface area (Å²) >= 11 is 0. The Morgan fingerprint density at radius 1 is 1.55 bits per heavy atom. The third kappa shape index (κ3) is 5.36. The van der Waals surface area contributed by atoms with Crippen LogP contribution in [0.15, 0.2) is 0 Å². The van der Waals surface area contributed by atoms with Gasteiger partial charge in [-0.25, -0.2) is 4.79 Å². The van der Waals surface area contributed by atoms with E-state index in [1.807, 2.05) is 13.8 Å². The highest BCUT2D eigenvalue weighted by molar-refractivity contribution is 5.82. The predicted octanol–water partition coefficient (Wildman–Crippen LogP) is 1.18. The number of alkyl carbamates (subject to hydrolysis) is 1. The maximum Gasteiger partial charge on any atom is 0.407 e. The first-order valence-corrected chi connectivity index (χ1v) is 6.95. The van der Waals surface area contributed by atoms with E-state index < -0.39 is 17.7 Å². The molecule has 1 saturated heterocycles. The lowest BCUT2D eigenvalue weighted by atomic mass is 9.92. The average Bonchev–Trinajstić information content (AvgIpc) is 2.47. The topological polar surface area (TPSA) is 87.7 Å². The van der Waals surface area contributed by atoms with Crippen molar-refractivity contribution in [2.45, 2.75) is 64.6 Å². The van der Waals surface area contributed by atoms with Crippen molar-refractivity contribution in [3.8, 4) is 0 Å². The van der Waals surface area contributed by atoms with E-state index in [-0.39, 0.29) is 24.0 Å². The number of nitrogens with one attached hydrogen (secondary N) is 2. The van der Waals surface area contributed by atoms with Crippen molar-refractivity contribution in [2.75, 3.05) is 6.61 Å². The summed E-state index contributed by atoms with van der Waals surface area (Å²) in [6.45, 7) is 9.01. The molecule has 0 aromatic carbocycles. The van der Waals surface area contributed by atoms with Crippen molar-refractivity contribution in [3.63, 3.8) is 0 Å². The van der Waals surface area contributed by atoms with Gasteiger partial charge in [-0.05, 0) is 47.5 Å². The standard InChI is InChI=1S/C14H26N2O4/c1-13(2,3)20-12(19)15-10(8-17)6-9-7-14(4,5)16-11(9)18/h9-10,17H,6-8H2,1-5H3,(H,15,19)(H,16,18)/t9-,10+/m1/s1. The molecule has 6 nitrogen and oxygen atoms in total. The molecule has 1 heterocycles. The highest BCUT2D eigenvalue weighted by Crippen LogP contribution is 2.27. The van der Waals surface area contributed by atoms with Gasteiger partial charge in [-0.3, -0.25) is 4.79 Å². The zero-order valence-corrected chi connectivity index (χ0v) is 12.9. The maximum atomic E-state index is 11.8. The van der Waals surface area contributed by atoms with E-state index >= 15 is 0 Å². The zero-order chi connectivity index (χ0) is 15.6. The third-order valence-corrected chi connectivity index (χ3v) is 3.10. The Labute approximate surface area is 120 Å². The predicted molar refractivity (Wildman–Crippen MR) is 75.2 cm³/mol. The lowest BCUT2D eigenvalue weighted by Gasteiger charge is -2.23. The second-order valence-electron chi connectivity index (χ2n) is 7.04.